The van der Waals surface area contributed by atoms with Crippen molar-refractivity contribution in [2.75, 3.05) is 6.54 Å². The van der Waals surface area contributed by atoms with E-state index < -0.39 is 17.8 Å². The minimum Gasteiger partial charge on any atom is -0.481 e. The molecule has 24 heavy (non-hydrogen) atoms. The number of hydrogen-bond donors (Lipinski definition) is 1. The van der Waals surface area contributed by atoms with Crippen molar-refractivity contribution in [3.63, 3.8) is 0 Å². The highest BCUT2D eigenvalue weighted by Crippen LogP contribution is 2.37. The second-order valence-electron chi connectivity index (χ2n) is 6.94. The van der Waals surface area contributed by atoms with Gasteiger partial charge < -0.3 is 10.0 Å². The monoisotopic (exact) mass is 333 g/mol. The van der Waals surface area contributed by atoms with Crippen LogP contribution >= 0.6 is 0 Å². The van der Waals surface area contributed by atoms with E-state index in [-0.39, 0.29) is 17.8 Å². The Labute approximate surface area is 141 Å². The Morgan fingerprint density at radius 2 is 1.75 bits per heavy atom. The smallest absolute Gasteiger partial charge is 0.307 e. The van der Waals surface area contributed by atoms with Gasteiger partial charge in [-0.15, -0.1) is 0 Å². The Balaban J connectivity index is 1.70. The van der Waals surface area contributed by atoms with Gasteiger partial charge in [0.15, 0.2) is 0 Å². The molecule has 5 heteroatoms. The second kappa shape index (κ2) is 7.32. The van der Waals surface area contributed by atoms with Gasteiger partial charge in [0.2, 0.25) is 5.91 Å². The lowest BCUT2D eigenvalue weighted by molar-refractivity contribution is -0.157. The number of carbonyl (C=O) groups is 2. The zero-order chi connectivity index (χ0) is 17.1. The molecule has 2 aliphatic carbocycles. The molecule has 0 aromatic heterocycles. The van der Waals surface area contributed by atoms with Crippen molar-refractivity contribution in [1.82, 2.24) is 4.90 Å². The molecule has 0 radical (unpaired) electrons. The van der Waals surface area contributed by atoms with Crippen LogP contribution in [0.5, 0.6) is 0 Å². The topological polar surface area (TPSA) is 57.6 Å². The van der Waals surface area contributed by atoms with E-state index in [9.17, 15) is 19.1 Å². The highest BCUT2D eigenvalue weighted by Gasteiger charge is 2.44. The molecule has 4 nitrogen and oxygen atoms in total. The third kappa shape index (κ3) is 3.45. The summed E-state index contributed by atoms with van der Waals surface area (Å²) in [5.74, 6) is -2.11. The molecule has 0 unspecified atom stereocenters. The molecular formula is C19H24FNO3. The molecule has 3 rings (SSSR count). The van der Waals surface area contributed by atoms with Gasteiger partial charge in [-0.1, -0.05) is 31.0 Å². The zero-order valence-corrected chi connectivity index (χ0v) is 13.8. The molecule has 1 amide bonds. The van der Waals surface area contributed by atoms with E-state index in [0.717, 1.165) is 25.7 Å². The normalized spacial score (nSPS) is 23.7. The van der Waals surface area contributed by atoms with E-state index in [1.165, 1.54) is 6.07 Å². The number of amides is 1. The summed E-state index contributed by atoms with van der Waals surface area (Å²) in [6.07, 6.45) is 5.83. The predicted molar refractivity (Wildman–Crippen MR) is 87.9 cm³/mol. The van der Waals surface area contributed by atoms with E-state index in [2.05, 4.69) is 0 Å². The van der Waals surface area contributed by atoms with Crippen LogP contribution in [0.2, 0.25) is 0 Å². The lowest BCUT2D eigenvalue weighted by Crippen LogP contribution is -2.49. The molecule has 2 atom stereocenters. The third-order valence-electron chi connectivity index (χ3n) is 5.54. The molecular weight excluding hydrogens is 309 g/mol. The molecule has 2 aliphatic rings. The number of carboxylic acid groups (broad SMARTS) is 1. The standard InChI is InChI=1S/C19H24FNO3/c20-17-8-4-1-5-13(17)11-12-21(14-6-2-3-7-14)18(22)15-9-10-16(15)19(23)24/h1,4-5,8,14-16H,2-3,6-7,9-12H2,(H,23,24)/t15-,16+/m0/s1. The fourth-order valence-electron chi connectivity index (χ4n) is 3.93. The van der Waals surface area contributed by atoms with Crippen molar-refractivity contribution < 1.29 is 19.1 Å². The SMILES string of the molecule is O=C(O)[C@@H]1CC[C@@H]1C(=O)N(CCc1ccccc1F)C1CCCC1. The first kappa shape index (κ1) is 16.9. The number of halogens is 1. The molecule has 0 saturated heterocycles. The largest absolute Gasteiger partial charge is 0.481 e. The average molecular weight is 333 g/mol. The van der Waals surface area contributed by atoms with E-state index in [1.807, 2.05) is 4.90 Å². The van der Waals surface area contributed by atoms with Gasteiger partial charge in [0, 0.05) is 12.6 Å². The van der Waals surface area contributed by atoms with Crippen LogP contribution in [0.3, 0.4) is 0 Å². The molecule has 0 aliphatic heterocycles. The Morgan fingerprint density at radius 1 is 1.08 bits per heavy atom. The van der Waals surface area contributed by atoms with Crippen molar-refractivity contribution >= 4 is 11.9 Å². The third-order valence-corrected chi connectivity index (χ3v) is 5.54. The van der Waals surface area contributed by atoms with Gasteiger partial charge in [-0.3, -0.25) is 9.59 Å². The summed E-state index contributed by atoms with van der Waals surface area (Å²) >= 11 is 0. The lowest BCUT2D eigenvalue weighted by Gasteiger charge is -2.39. The van der Waals surface area contributed by atoms with Crippen molar-refractivity contribution in [3.05, 3.63) is 35.6 Å². The number of carboxylic acids is 1. The Bertz CT molecular complexity index is 612. The van der Waals surface area contributed by atoms with Crippen LogP contribution in [-0.2, 0) is 16.0 Å². The zero-order valence-electron chi connectivity index (χ0n) is 13.8. The van der Waals surface area contributed by atoms with Crippen molar-refractivity contribution in [3.8, 4) is 0 Å². The highest BCUT2D eigenvalue weighted by molar-refractivity contribution is 5.86. The molecule has 1 aromatic rings. The minimum atomic E-state index is -0.875. The van der Waals surface area contributed by atoms with Crippen LogP contribution in [0, 0.1) is 17.7 Å². The quantitative estimate of drug-likeness (QED) is 0.869. The summed E-state index contributed by atoms with van der Waals surface area (Å²) < 4.78 is 13.8. The number of aliphatic carboxylic acids is 1. The Morgan fingerprint density at radius 3 is 2.33 bits per heavy atom. The van der Waals surface area contributed by atoms with Crippen molar-refractivity contribution in [2.45, 2.75) is 51.0 Å². The summed E-state index contributed by atoms with van der Waals surface area (Å²) in [5, 5.41) is 9.22. The average Bonchev–Trinajstić information content (AvgIpc) is 3.01. The summed E-state index contributed by atoms with van der Waals surface area (Å²) in [6, 6.07) is 6.82. The molecule has 0 bridgehead atoms. The van der Waals surface area contributed by atoms with Crippen LogP contribution in [0.1, 0.15) is 44.1 Å². The summed E-state index contributed by atoms with van der Waals surface area (Å²) in [4.78, 5) is 26.0. The molecule has 130 valence electrons. The maximum Gasteiger partial charge on any atom is 0.307 e. The van der Waals surface area contributed by atoms with E-state index in [4.69, 9.17) is 0 Å². The first-order chi connectivity index (χ1) is 11.6. The molecule has 0 heterocycles. The van der Waals surface area contributed by atoms with Gasteiger partial charge in [-0.2, -0.15) is 0 Å². The van der Waals surface area contributed by atoms with Gasteiger partial charge >= 0.3 is 5.97 Å². The van der Waals surface area contributed by atoms with Gasteiger partial charge in [-0.25, -0.2) is 4.39 Å². The van der Waals surface area contributed by atoms with Crippen LogP contribution < -0.4 is 0 Å². The van der Waals surface area contributed by atoms with Gasteiger partial charge in [0.05, 0.1) is 11.8 Å². The number of nitrogens with zero attached hydrogens (tertiary/aromatic N) is 1. The first-order valence-electron chi connectivity index (χ1n) is 8.84. The van der Waals surface area contributed by atoms with Crippen LogP contribution in [0.25, 0.3) is 0 Å². The van der Waals surface area contributed by atoms with Crippen LogP contribution in [0.15, 0.2) is 24.3 Å². The summed E-state index contributed by atoms with van der Waals surface area (Å²) in [7, 11) is 0. The van der Waals surface area contributed by atoms with Gasteiger partial charge in [0.1, 0.15) is 5.82 Å². The number of rotatable bonds is 6. The molecule has 2 saturated carbocycles. The van der Waals surface area contributed by atoms with Gasteiger partial charge in [0.25, 0.3) is 0 Å². The summed E-state index contributed by atoms with van der Waals surface area (Å²) in [5.41, 5.74) is 0.608. The van der Waals surface area contributed by atoms with Crippen molar-refractivity contribution in [2.24, 2.45) is 11.8 Å². The van der Waals surface area contributed by atoms with E-state index in [1.54, 1.807) is 18.2 Å². The van der Waals surface area contributed by atoms with E-state index in [0.29, 0.717) is 31.4 Å². The van der Waals surface area contributed by atoms with E-state index >= 15 is 0 Å². The lowest BCUT2D eigenvalue weighted by atomic mass is 9.72. The maximum atomic E-state index is 13.8. The fraction of sp³-hybridized carbons (Fsp3) is 0.579. The van der Waals surface area contributed by atoms with Crippen LogP contribution in [0.4, 0.5) is 4.39 Å². The number of hydrogen-bond acceptors (Lipinski definition) is 2. The molecule has 2 fully saturated rings. The number of benzene rings is 1. The predicted octanol–water partition coefficient (Wildman–Crippen LogP) is 3.25. The maximum absolute atomic E-state index is 13.8. The fourth-order valence-corrected chi connectivity index (χ4v) is 3.93. The van der Waals surface area contributed by atoms with Crippen molar-refractivity contribution in [1.29, 1.82) is 0 Å². The highest BCUT2D eigenvalue weighted by atomic mass is 19.1. The Kier molecular flexibility index (Phi) is 5.17. The Hall–Kier alpha value is -1.91. The number of carbonyl (C=O) groups excluding carboxylic acids is 1. The van der Waals surface area contributed by atoms with Gasteiger partial charge in [-0.05, 0) is 43.7 Å². The first-order valence-corrected chi connectivity index (χ1v) is 8.84. The van der Waals surface area contributed by atoms with Crippen LogP contribution in [-0.4, -0.2) is 34.5 Å². The molecule has 1 N–H and O–H groups in total. The second-order valence-corrected chi connectivity index (χ2v) is 6.94. The molecule has 1 aromatic carbocycles. The summed E-state index contributed by atoms with van der Waals surface area (Å²) in [6.45, 7) is 0.466. The molecule has 0 spiro atoms. The minimum absolute atomic E-state index is 0.0445.